The minimum atomic E-state index is -0.383. The molecule has 76 valence electrons. The standard InChI is InChI=1S/C7H11N5OS/c8-5(13)3-14-7-11-10-6(12(7)9)4-1-2-4/h4H,1-3,9H2,(H2,8,13). The van der Waals surface area contributed by atoms with Gasteiger partial charge in [-0.3, -0.25) is 4.79 Å². The Hall–Kier alpha value is -1.24. The summed E-state index contributed by atoms with van der Waals surface area (Å²) in [5, 5.41) is 8.41. The van der Waals surface area contributed by atoms with Gasteiger partial charge in [-0.1, -0.05) is 11.8 Å². The molecular formula is C7H11N5OS. The highest BCUT2D eigenvalue weighted by Gasteiger charge is 2.29. The van der Waals surface area contributed by atoms with Gasteiger partial charge >= 0.3 is 0 Å². The second kappa shape index (κ2) is 3.49. The van der Waals surface area contributed by atoms with E-state index in [1.807, 2.05) is 0 Å². The van der Waals surface area contributed by atoms with Crippen LogP contribution in [0.3, 0.4) is 0 Å². The Morgan fingerprint density at radius 1 is 1.57 bits per heavy atom. The van der Waals surface area contributed by atoms with Crippen molar-refractivity contribution >= 4 is 17.7 Å². The van der Waals surface area contributed by atoms with Crippen LogP contribution in [0.25, 0.3) is 0 Å². The normalized spacial score (nSPS) is 15.7. The van der Waals surface area contributed by atoms with Crippen LogP contribution in [0.2, 0.25) is 0 Å². The maximum Gasteiger partial charge on any atom is 0.227 e. The molecule has 0 aliphatic heterocycles. The number of thioether (sulfide) groups is 1. The van der Waals surface area contributed by atoms with Crippen LogP contribution in [0.5, 0.6) is 0 Å². The monoisotopic (exact) mass is 213 g/mol. The maximum atomic E-state index is 10.5. The van der Waals surface area contributed by atoms with Gasteiger partial charge in [-0.2, -0.15) is 0 Å². The third-order valence-electron chi connectivity index (χ3n) is 1.98. The molecule has 1 amide bonds. The molecule has 6 nitrogen and oxygen atoms in total. The Balaban J connectivity index is 2.06. The van der Waals surface area contributed by atoms with Crippen LogP contribution in [-0.2, 0) is 4.79 Å². The van der Waals surface area contributed by atoms with Crippen molar-refractivity contribution < 1.29 is 4.79 Å². The smallest absolute Gasteiger partial charge is 0.227 e. The fourth-order valence-corrected chi connectivity index (χ4v) is 1.74. The van der Waals surface area contributed by atoms with Crippen molar-refractivity contribution in [2.45, 2.75) is 23.9 Å². The van der Waals surface area contributed by atoms with Crippen LogP contribution in [0.4, 0.5) is 0 Å². The zero-order chi connectivity index (χ0) is 10.1. The summed E-state index contributed by atoms with van der Waals surface area (Å²) in [6.45, 7) is 0. The first-order valence-electron chi connectivity index (χ1n) is 4.30. The first-order valence-corrected chi connectivity index (χ1v) is 5.28. The first kappa shape index (κ1) is 9.32. The summed E-state index contributed by atoms with van der Waals surface area (Å²) in [5.41, 5.74) is 5.01. The van der Waals surface area contributed by atoms with Gasteiger partial charge in [-0.05, 0) is 12.8 Å². The molecule has 1 heterocycles. The zero-order valence-electron chi connectivity index (χ0n) is 7.51. The third kappa shape index (κ3) is 1.82. The van der Waals surface area contributed by atoms with Crippen molar-refractivity contribution in [2.75, 3.05) is 11.6 Å². The molecule has 1 aliphatic rings. The van der Waals surface area contributed by atoms with Crippen molar-refractivity contribution in [1.29, 1.82) is 0 Å². The summed E-state index contributed by atoms with van der Waals surface area (Å²) >= 11 is 1.21. The Morgan fingerprint density at radius 3 is 2.86 bits per heavy atom. The van der Waals surface area contributed by atoms with Crippen molar-refractivity contribution in [2.24, 2.45) is 5.73 Å². The number of rotatable bonds is 4. The quantitative estimate of drug-likeness (QED) is 0.516. The molecule has 0 aromatic carbocycles. The molecule has 4 N–H and O–H groups in total. The number of hydrogen-bond donors (Lipinski definition) is 2. The molecule has 14 heavy (non-hydrogen) atoms. The van der Waals surface area contributed by atoms with Crippen LogP contribution in [0.1, 0.15) is 24.6 Å². The Morgan fingerprint density at radius 2 is 2.29 bits per heavy atom. The number of nitrogens with zero attached hydrogens (tertiary/aromatic N) is 3. The number of amides is 1. The van der Waals surface area contributed by atoms with Gasteiger partial charge in [0.15, 0.2) is 5.82 Å². The number of hydrogen-bond acceptors (Lipinski definition) is 5. The lowest BCUT2D eigenvalue weighted by atomic mass is 10.4. The SMILES string of the molecule is NC(=O)CSc1nnc(C2CC2)n1N. The van der Waals surface area contributed by atoms with E-state index in [1.54, 1.807) is 0 Å². The predicted molar refractivity (Wildman–Crippen MR) is 52.1 cm³/mol. The lowest BCUT2D eigenvalue weighted by molar-refractivity contribution is -0.115. The fourth-order valence-electron chi connectivity index (χ4n) is 1.14. The van der Waals surface area contributed by atoms with Gasteiger partial charge in [0.25, 0.3) is 0 Å². The topological polar surface area (TPSA) is 99.8 Å². The lowest BCUT2D eigenvalue weighted by Gasteiger charge is -2.00. The fraction of sp³-hybridized carbons (Fsp3) is 0.571. The summed E-state index contributed by atoms with van der Waals surface area (Å²) in [6, 6.07) is 0. The molecule has 7 heteroatoms. The first-order chi connectivity index (χ1) is 6.68. The maximum absolute atomic E-state index is 10.5. The lowest BCUT2D eigenvalue weighted by Crippen LogP contribution is -2.16. The van der Waals surface area contributed by atoms with Gasteiger partial charge < -0.3 is 11.6 Å². The number of aromatic nitrogens is 3. The molecule has 0 spiro atoms. The van der Waals surface area contributed by atoms with Crippen LogP contribution in [0.15, 0.2) is 5.16 Å². The highest BCUT2D eigenvalue weighted by molar-refractivity contribution is 7.99. The highest BCUT2D eigenvalue weighted by atomic mass is 32.2. The van der Waals surface area contributed by atoms with Crippen molar-refractivity contribution in [3.63, 3.8) is 0 Å². The summed E-state index contributed by atoms with van der Waals surface area (Å²) < 4.78 is 1.45. The third-order valence-corrected chi connectivity index (χ3v) is 2.94. The second-order valence-electron chi connectivity index (χ2n) is 3.24. The molecule has 2 rings (SSSR count). The van der Waals surface area contributed by atoms with Gasteiger partial charge in [-0.25, -0.2) is 4.68 Å². The average Bonchev–Trinajstić information content (AvgIpc) is 2.89. The number of nitrogen functional groups attached to an aromatic ring is 1. The van der Waals surface area contributed by atoms with Gasteiger partial charge in [0, 0.05) is 5.92 Å². The van der Waals surface area contributed by atoms with Crippen LogP contribution in [0, 0.1) is 0 Å². The van der Waals surface area contributed by atoms with Gasteiger partial charge in [0.1, 0.15) is 0 Å². The van der Waals surface area contributed by atoms with E-state index in [9.17, 15) is 4.79 Å². The Bertz CT molecular complexity index is 359. The van der Waals surface area contributed by atoms with E-state index in [0.29, 0.717) is 11.1 Å². The van der Waals surface area contributed by atoms with E-state index >= 15 is 0 Å². The van der Waals surface area contributed by atoms with Crippen LogP contribution < -0.4 is 11.6 Å². The van der Waals surface area contributed by atoms with Gasteiger partial charge in [0.2, 0.25) is 11.1 Å². The molecule has 0 atom stereocenters. The predicted octanol–water partition coefficient (Wildman–Crippen LogP) is -0.553. The summed E-state index contributed by atoms with van der Waals surface area (Å²) in [6.07, 6.45) is 2.24. The molecule has 0 saturated heterocycles. The van der Waals surface area contributed by atoms with E-state index in [1.165, 1.54) is 16.4 Å². The number of primary amides is 1. The molecular weight excluding hydrogens is 202 g/mol. The second-order valence-corrected chi connectivity index (χ2v) is 4.18. The minimum absolute atomic E-state index is 0.181. The van der Waals surface area contributed by atoms with Crippen molar-refractivity contribution in [3.05, 3.63) is 5.82 Å². The van der Waals surface area contributed by atoms with Crippen molar-refractivity contribution in [3.8, 4) is 0 Å². The molecule has 0 unspecified atom stereocenters. The van der Waals surface area contributed by atoms with Crippen LogP contribution in [-0.4, -0.2) is 26.5 Å². The molecule has 1 aliphatic carbocycles. The largest absolute Gasteiger partial charge is 0.369 e. The van der Waals surface area contributed by atoms with E-state index < -0.39 is 0 Å². The molecule has 0 bridgehead atoms. The average molecular weight is 213 g/mol. The number of carbonyl (C=O) groups excluding carboxylic acids is 1. The number of carbonyl (C=O) groups is 1. The zero-order valence-corrected chi connectivity index (χ0v) is 8.33. The van der Waals surface area contributed by atoms with Crippen molar-refractivity contribution in [1.82, 2.24) is 14.9 Å². The van der Waals surface area contributed by atoms with Gasteiger partial charge in [0.05, 0.1) is 5.75 Å². The van der Waals surface area contributed by atoms with Gasteiger partial charge in [-0.15, -0.1) is 10.2 Å². The number of nitrogens with two attached hydrogens (primary N) is 2. The Kier molecular flexibility index (Phi) is 2.32. The van der Waals surface area contributed by atoms with E-state index in [2.05, 4.69) is 10.2 Å². The van der Waals surface area contributed by atoms with E-state index in [-0.39, 0.29) is 11.7 Å². The molecule has 1 aromatic heterocycles. The Labute approximate surface area is 85.0 Å². The van der Waals surface area contributed by atoms with E-state index in [0.717, 1.165) is 18.7 Å². The highest BCUT2D eigenvalue weighted by Crippen LogP contribution is 2.39. The minimum Gasteiger partial charge on any atom is -0.369 e. The molecule has 1 aromatic rings. The summed E-state index contributed by atoms with van der Waals surface area (Å²) in [7, 11) is 0. The molecule has 1 fully saturated rings. The summed E-state index contributed by atoms with van der Waals surface area (Å²) in [4.78, 5) is 10.5. The van der Waals surface area contributed by atoms with E-state index in [4.69, 9.17) is 11.6 Å². The molecule has 1 saturated carbocycles. The van der Waals surface area contributed by atoms with Crippen LogP contribution >= 0.6 is 11.8 Å². The molecule has 0 radical (unpaired) electrons. The summed E-state index contributed by atoms with van der Waals surface area (Å²) in [5.74, 6) is 6.80.